The number of hydrogen-bond acceptors (Lipinski definition) is 4. The Morgan fingerprint density at radius 3 is 1.73 bits per heavy atom. The van der Waals surface area contributed by atoms with Gasteiger partial charge in [-0.3, -0.25) is 0 Å². The monoisotopic (exact) mass is 562 g/mol. The molecule has 4 N–H and O–H groups in total. The molecule has 2 aromatic heterocycles. The Labute approximate surface area is 234 Å². The summed E-state index contributed by atoms with van der Waals surface area (Å²) < 4.78 is 54.8. The molecular weight excluding hydrogens is 532 g/mol. The smallest absolute Gasteiger partial charge is 0.262 e. The number of imidazole rings is 2. The maximum atomic E-state index is 13.8. The maximum absolute atomic E-state index is 13.8. The molecule has 2 aliphatic heterocycles. The van der Waals surface area contributed by atoms with Crippen LogP contribution in [0.4, 0.5) is 17.6 Å². The molecule has 4 atom stereocenters. The summed E-state index contributed by atoms with van der Waals surface area (Å²) in [6.45, 7) is -0.649. The van der Waals surface area contributed by atoms with E-state index in [1.807, 2.05) is 12.1 Å². The van der Waals surface area contributed by atoms with Crippen molar-refractivity contribution >= 4 is 0 Å². The van der Waals surface area contributed by atoms with Crippen LogP contribution in [0.15, 0.2) is 48.8 Å². The molecule has 41 heavy (non-hydrogen) atoms. The van der Waals surface area contributed by atoms with Crippen LogP contribution in [0.5, 0.6) is 0 Å². The highest BCUT2D eigenvalue weighted by Crippen LogP contribution is 2.58. The van der Waals surface area contributed by atoms with Crippen molar-refractivity contribution < 1.29 is 17.6 Å². The van der Waals surface area contributed by atoms with Crippen LogP contribution in [-0.4, -0.2) is 44.9 Å². The third-order valence-electron chi connectivity index (χ3n) is 9.40. The highest BCUT2D eigenvalue weighted by Gasteiger charge is 2.43. The Morgan fingerprint density at radius 2 is 1.15 bits per heavy atom. The van der Waals surface area contributed by atoms with E-state index in [9.17, 15) is 17.6 Å². The van der Waals surface area contributed by atoms with Gasteiger partial charge >= 0.3 is 0 Å². The zero-order chi connectivity index (χ0) is 27.9. The van der Waals surface area contributed by atoms with Gasteiger partial charge in [0.1, 0.15) is 11.6 Å². The van der Waals surface area contributed by atoms with Crippen molar-refractivity contribution in [1.29, 1.82) is 0 Å². The Kier molecular flexibility index (Phi) is 5.54. The summed E-state index contributed by atoms with van der Waals surface area (Å²) in [5.41, 5.74) is 8.85. The molecule has 0 radical (unpaired) electrons. The van der Waals surface area contributed by atoms with Crippen molar-refractivity contribution in [1.82, 2.24) is 30.6 Å². The quantitative estimate of drug-likeness (QED) is 0.201. The first-order valence-corrected chi connectivity index (χ1v) is 14.3. The Morgan fingerprint density at radius 1 is 0.634 bits per heavy atom. The van der Waals surface area contributed by atoms with Crippen molar-refractivity contribution in [2.75, 3.05) is 13.1 Å². The maximum Gasteiger partial charge on any atom is 0.262 e. The minimum atomic E-state index is -2.71. The fourth-order valence-electron chi connectivity index (χ4n) is 7.47. The first kappa shape index (κ1) is 25.2. The molecule has 2 unspecified atom stereocenters. The van der Waals surface area contributed by atoms with Gasteiger partial charge in [-0.05, 0) is 58.9 Å². The van der Waals surface area contributed by atoms with Crippen LogP contribution < -0.4 is 10.6 Å². The first-order valence-electron chi connectivity index (χ1n) is 14.3. The van der Waals surface area contributed by atoms with Crippen LogP contribution in [0.3, 0.4) is 0 Å². The Hall–Kier alpha value is -3.50. The SMILES string of the molecule is FC1(F)CN[C@H](c2ncc(-c3ccc(-c4ccc(-c5cnc([C@@H]6CC(F)(F)CN6)[nH]5)c5c4C4CCC5C4)cc3)[nH]2)C1. The zero-order valence-corrected chi connectivity index (χ0v) is 22.3. The number of rotatable bonds is 5. The van der Waals surface area contributed by atoms with Gasteiger partial charge in [0.25, 0.3) is 11.8 Å². The summed E-state index contributed by atoms with van der Waals surface area (Å²) in [6, 6.07) is 11.7. The van der Waals surface area contributed by atoms with Gasteiger partial charge in [-0.1, -0.05) is 36.4 Å². The van der Waals surface area contributed by atoms with E-state index >= 15 is 0 Å². The topological polar surface area (TPSA) is 81.4 Å². The lowest BCUT2D eigenvalue weighted by Gasteiger charge is -2.22. The van der Waals surface area contributed by atoms with Crippen LogP contribution in [0.2, 0.25) is 0 Å². The van der Waals surface area contributed by atoms with Gasteiger partial charge in [0.15, 0.2) is 0 Å². The second kappa shape index (κ2) is 9.00. The molecular formula is C31H30F4N6. The second-order valence-corrected chi connectivity index (χ2v) is 12.1. The van der Waals surface area contributed by atoms with E-state index < -0.39 is 23.9 Å². The number of nitrogens with zero attached hydrogens (tertiary/aromatic N) is 2. The number of fused-ring (bicyclic) bond motifs is 5. The van der Waals surface area contributed by atoms with E-state index in [4.69, 9.17) is 0 Å². The molecule has 4 heterocycles. The van der Waals surface area contributed by atoms with Crippen LogP contribution in [0.25, 0.3) is 33.6 Å². The number of H-pyrrole nitrogens is 2. The third-order valence-corrected chi connectivity index (χ3v) is 9.40. The number of benzene rings is 2. The molecule has 10 heteroatoms. The standard InChI is InChI=1S/C31H30F4N6/c32-30(33)10-22(38-14-30)28-36-12-24(40-28)17-3-1-16(2-4-17)20-7-8-21(27-19-6-5-18(9-19)26(20)27)25-13-37-29(41-25)23-11-31(34,35)15-39-23/h1-4,7-8,12-13,18-19,22-23,38-39H,5-6,9-11,14-15H2,(H,36,40)(H,37,41)/t18?,19?,22-,23-/m0/s1. The lowest BCUT2D eigenvalue weighted by atomic mass is 9.82. The molecule has 2 aromatic carbocycles. The summed E-state index contributed by atoms with van der Waals surface area (Å²) in [6.07, 6.45) is 6.46. The number of aromatic nitrogens is 4. The lowest BCUT2D eigenvalue weighted by molar-refractivity contribution is 0.0201. The average Bonchev–Trinajstić information content (AvgIpc) is 3.79. The van der Waals surface area contributed by atoms with Crippen LogP contribution >= 0.6 is 0 Å². The van der Waals surface area contributed by atoms with Gasteiger partial charge in [0, 0.05) is 18.4 Å². The van der Waals surface area contributed by atoms with Crippen molar-refractivity contribution in [2.45, 2.75) is 67.9 Å². The predicted octanol–water partition coefficient (Wildman–Crippen LogP) is 6.84. The predicted molar refractivity (Wildman–Crippen MR) is 147 cm³/mol. The number of aromatic amines is 2. The molecule has 2 bridgehead atoms. The van der Waals surface area contributed by atoms with Crippen LogP contribution in [-0.2, 0) is 0 Å². The normalized spacial score (nSPS) is 27.5. The molecule has 4 aromatic rings. The Bertz CT molecular complexity index is 1620. The van der Waals surface area contributed by atoms with Gasteiger partial charge in [-0.2, -0.15) is 0 Å². The van der Waals surface area contributed by atoms with Crippen molar-refractivity contribution in [2.24, 2.45) is 0 Å². The van der Waals surface area contributed by atoms with E-state index in [-0.39, 0.29) is 25.9 Å². The molecule has 2 saturated heterocycles. The lowest BCUT2D eigenvalue weighted by Crippen LogP contribution is -2.19. The molecule has 0 amide bonds. The summed E-state index contributed by atoms with van der Waals surface area (Å²) in [5.74, 6) is -3.32. The van der Waals surface area contributed by atoms with Crippen molar-refractivity contribution in [3.05, 3.63) is 71.6 Å². The van der Waals surface area contributed by atoms with Gasteiger partial charge in [-0.25, -0.2) is 27.5 Å². The summed E-state index contributed by atoms with van der Waals surface area (Å²) in [7, 11) is 0. The molecule has 3 fully saturated rings. The molecule has 0 spiro atoms. The molecule has 6 nitrogen and oxygen atoms in total. The highest BCUT2D eigenvalue weighted by molar-refractivity contribution is 5.80. The van der Waals surface area contributed by atoms with Crippen LogP contribution in [0, 0.1) is 0 Å². The average molecular weight is 563 g/mol. The number of halogens is 4. The fraction of sp³-hybridized carbons (Fsp3) is 0.419. The van der Waals surface area contributed by atoms with E-state index in [2.05, 4.69) is 54.8 Å². The molecule has 1 saturated carbocycles. The largest absolute Gasteiger partial charge is 0.341 e. The molecule has 212 valence electrons. The summed E-state index contributed by atoms with van der Waals surface area (Å²) >= 11 is 0. The minimum absolute atomic E-state index is 0.245. The summed E-state index contributed by atoms with van der Waals surface area (Å²) in [4.78, 5) is 15.4. The molecule has 2 aliphatic carbocycles. The Balaban J connectivity index is 1.09. The number of alkyl halides is 4. The van der Waals surface area contributed by atoms with E-state index in [0.717, 1.165) is 40.9 Å². The van der Waals surface area contributed by atoms with E-state index in [0.29, 0.717) is 23.5 Å². The minimum Gasteiger partial charge on any atom is -0.341 e. The molecule has 4 aliphatic rings. The van der Waals surface area contributed by atoms with E-state index in [1.165, 1.54) is 23.1 Å². The van der Waals surface area contributed by atoms with Gasteiger partial charge in [0.2, 0.25) is 0 Å². The third kappa shape index (κ3) is 4.30. The van der Waals surface area contributed by atoms with Crippen LogP contribution in [0.1, 0.15) is 78.8 Å². The second-order valence-electron chi connectivity index (χ2n) is 12.1. The zero-order valence-electron chi connectivity index (χ0n) is 22.3. The van der Waals surface area contributed by atoms with Gasteiger partial charge < -0.3 is 20.6 Å². The first-order chi connectivity index (χ1) is 19.7. The van der Waals surface area contributed by atoms with E-state index in [1.54, 1.807) is 12.4 Å². The van der Waals surface area contributed by atoms with Crippen molar-refractivity contribution in [3.63, 3.8) is 0 Å². The number of hydrogen-bond donors (Lipinski definition) is 4. The summed E-state index contributed by atoms with van der Waals surface area (Å²) in [5, 5.41) is 5.74. The van der Waals surface area contributed by atoms with Gasteiger partial charge in [-0.15, -0.1) is 0 Å². The highest BCUT2D eigenvalue weighted by atomic mass is 19.3. The molecule has 8 rings (SSSR count). The van der Waals surface area contributed by atoms with Gasteiger partial charge in [0.05, 0.1) is 49.0 Å². The fourth-order valence-corrected chi connectivity index (χ4v) is 7.47. The van der Waals surface area contributed by atoms with Crippen molar-refractivity contribution in [3.8, 4) is 33.6 Å². The number of nitrogens with one attached hydrogen (secondary N) is 4.